The van der Waals surface area contributed by atoms with E-state index >= 15 is 0 Å². The number of rotatable bonds is 6. The number of hydrogen-bond acceptors (Lipinski definition) is 4. The fourth-order valence-electron chi connectivity index (χ4n) is 2.98. The van der Waals surface area contributed by atoms with Crippen LogP contribution < -0.4 is 0 Å². The van der Waals surface area contributed by atoms with Gasteiger partial charge in [-0.25, -0.2) is 13.1 Å². The lowest BCUT2D eigenvalue weighted by Gasteiger charge is -2.16. The molecule has 26 heavy (non-hydrogen) atoms. The van der Waals surface area contributed by atoms with Crippen molar-refractivity contribution in [1.29, 1.82) is 0 Å². The highest BCUT2D eigenvalue weighted by Gasteiger charge is 2.29. The van der Waals surface area contributed by atoms with Crippen LogP contribution in [0.1, 0.15) is 23.9 Å². The van der Waals surface area contributed by atoms with Crippen LogP contribution in [-0.2, 0) is 23.1 Å². The van der Waals surface area contributed by atoms with Gasteiger partial charge in [-0.1, -0.05) is 18.2 Å². The summed E-state index contributed by atoms with van der Waals surface area (Å²) >= 11 is 0. The summed E-state index contributed by atoms with van der Waals surface area (Å²) in [6.45, 7) is 6.50. The molecule has 0 aliphatic heterocycles. The van der Waals surface area contributed by atoms with Crippen LogP contribution in [0.5, 0.6) is 0 Å². The quantitative estimate of drug-likeness (QED) is 0.665. The third-order valence-electron chi connectivity index (χ3n) is 4.31. The number of aromatic nitrogens is 4. The second-order valence-corrected chi connectivity index (χ2v) is 8.19. The standard InChI is InChI=1S/C18H23N5O2S/c1-5-22-13-16(11-19-22)12-21(4)26(24,25)18-14(2)20-23(15(18)3)17-9-7-6-8-10-17/h6-11,13H,5,12H2,1-4H3. The average Bonchev–Trinajstić information content (AvgIpc) is 3.19. The number of benzene rings is 1. The molecule has 2 heterocycles. The molecule has 0 saturated heterocycles. The van der Waals surface area contributed by atoms with E-state index in [1.54, 1.807) is 36.5 Å². The van der Waals surface area contributed by atoms with Crippen LogP contribution >= 0.6 is 0 Å². The van der Waals surface area contributed by atoms with E-state index in [1.807, 2.05) is 43.5 Å². The minimum Gasteiger partial charge on any atom is -0.273 e. The third-order valence-corrected chi connectivity index (χ3v) is 6.37. The van der Waals surface area contributed by atoms with E-state index in [0.717, 1.165) is 17.8 Å². The number of hydrogen-bond donors (Lipinski definition) is 0. The molecule has 2 aromatic heterocycles. The summed E-state index contributed by atoms with van der Waals surface area (Å²) in [5.74, 6) is 0. The Morgan fingerprint density at radius 1 is 1.15 bits per heavy atom. The van der Waals surface area contributed by atoms with Gasteiger partial charge in [0.15, 0.2) is 0 Å². The smallest absolute Gasteiger partial charge is 0.246 e. The Labute approximate surface area is 153 Å². The highest BCUT2D eigenvalue weighted by atomic mass is 32.2. The topological polar surface area (TPSA) is 73.0 Å². The van der Waals surface area contributed by atoms with E-state index in [0.29, 0.717) is 11.4 Å². The van der Waals surface area contributed by atoms with Gasteiger partial charge in [-0.2, -0.15) is 14.5 Å². The van der Waals surface area contributed by atoms with Crippen LogP contribution in [-0.4, -0.2) is 39.3 Å². The molecule has 0 fully saturated rings. The number of sulfonamides is 1. The molecule has 7 nitrogen and oxygen atoms in total. The van der Waals surface area contributed by atoms with Crippen molar-refractivity contribution in [2.45, 2.75) is 38.8 Å². The maximum Gasteiger partial charge on any atom is 0.246 e. The van der Waals surface area contributed by atoms with Crippen molar-refractivity contribution in [2.75, 3.05) is 7.05 Å². The van der Waals surface area contributed by atoms with Crippen LogP contribution in [0.15, 0.2) is 47.6 Å². The second kappa shape index (κ2) is 7.05. The monoisotopic (exact) mass is 373 g/mol. The van der Waals surface area contributed by atoms with Gasteiger partial charge in [0.05, 0.1) is 23.3 Å². The predicted molar refractivity (Wildman–Crippen MR) is 99.6 cm³/mol. The van der Waals surface area contributed by atoms with Crippen LogP contribution in [0.4, 0.5) is 0 Å². The lowest BCUT2D eigenvalue weighted by molar-refractivity contribution is 0.465. The average molecular weight is 373 g/mol. The zero-order chi connectivity index (χ0) is 18.9. The summed E-state index contributed by atoms with van der Waals surface area (Å²) in [5.41, 5.74) is 2.78. The molecule has 3 rings (SSSR count). The molecule has 0 N–H and O–H groups in total. The Bertz CT molecular complexity index is 1010. The zero-order valence-corrected chi connectivity index (χ0v) is 16.2. The molecule has 0 saturated carbocycles. The molecule has 138 valence electrons. The maximum atomic E-state index is 13.1. The van der Waals surface area contributed by atoms with Crippen molar-refractivity contribution in [3.8, 4) is 5.69 Å². The largest absolute Gasteiger partial charge is 0.273 e. The van der Waals surface area contributed by atoms with E-state index in [1.165, 1.54) is 4.31 Å². The summed E-state index contributed by atoms with van der Waals surface area (Å²) in [7, 11) is -2.09. The normalized spacial score (nSPS) is 12.0. The summed E-state index contributed by atoms with van der Waals surface area (Å²) in [6, 6.07) is 9.52. The minimum atomic E-state index is -3.67. The van der Waals surface area contributed by atoms with Crippen molar-refractivity contribution in [3.05, 3.63) is 59.7 Å². The summed E-state index contributed by atoms with van der Waals surface area (Å²) in [4.78, 5) is 0.256. The Balaban J connectivity index is 1.95. The molecule has 1 aromatic carbocycles. The molecule has 0 amide bonds. The Hall–Kier alpha value is -2.45. The molecule has 0 atom stereocenters. The van der Waals surface area contributed by atoms with Gasteiger partial charge in [-0.05, 0) is 32.9 Å². The van der Waals surface area contributed by atoms with Crippen LogP contribution in [0.2, 0.25) is 0 Å². The molecular weight excluding hydrogens is 350 g/mol. The van der Waals surface area contributed by atoms with Crippen molar-refractivity contribution in [2.24, 2.45) is 0 Å². The zero-order valence-electron chi connectivity index (χ0n) is 15.4. The summed E-state index contributed by atoms with van der Waals surface area (Å²) < 4.78 is 31.1. The van der Waals surface area contributed by atoms with Gasteiger partial charge in [-0.3, -0.25) is 4.68 Å². The molecule has 0 radical (unpaired) electrons. The Morgan fingerprint density at radius 2 is 1.85 bits per heavy atom. The number of aryl methyl sites for hydroxylation is 2. The first-order chi connectivity index (χ1) is 12.3. The van der Waals surface area contributed by atoms with Crippen molar-refractivity contribution in [3.63, 3.8) is 0 Å². The summed E-state index contributed by atoms with van der Waals surface area (Å²) in [5, 5.41) is 8.65. The molecule has 0 bridgehead atoms. The van der Waals surface area contributed by atoms with Crippen molar-refractivity contribution >= 4 is 10.0 Å². The van der Waals surface area contributed by atoms with Gasteiger partial charge in [-0.15, -0.1) is 0 Å². The third kappa shape index (κ3) is 3.30. The summed E-state index contributed by atoms with van der Waals surface area (Å²) in [6.07, 6.45) is 3.56. The van der Waals surface area contributed by atoms with Gasteiger partial charge >= 0.3 is 0 Å². The molecule has 0 aliphatic carbocycles. The van der Waals surface area contributed by atoms with Gasteiger partial charge in [0.25, 0.3) is 0 Å². The highest BCUT2D eigenvalue weighted by molar-refractivity contribution is 7.89. The van der Waals surface area contributed by atoms with Crippen molar-refractivity contribution < 1.29 is 8.42 Å². The molecule has 0 spiro atoms. The maximum absolute atomic E-state index is 13.1. The van der Waals surface area contributed by atoms with Crippen LogP contribution in [0, 0.1) is 13.8 Å². The Morgan fingerprint density at radius 3 is 2.46 bits per heavy atom. The predicted octanol–water partition coefficient (Wildman–Crippen LogP) is 2.53. The van der Waals surface area contributed by atoms with E-state index in [2.05, 4.69) is 10.2 Å². The van der Waals surface area contributed by atoms with E-state index in [4.69, 9.17) is 0 Å². The van der Waals surface area contributed by atoms with E-state index < -0.39 is 10.0 Å². The highest BCUT2D eigenvalue weighted by Crippen LogP contribution is 2.25. The Kier molecular flexibility index (Phi) is 4.97. The van der Waals surface area contributed by atoms with Gasteiger partial charge in [0, 0.05) is 31.9 Å². The van der Waals surface area contributed by atoms with E-state index in [9.17, 15) is 8.42 Å². The lowest BCUT2D eigenvalue weighted by Crippen LogP contribution is -2.27. The SMILES string of the molecule is CCn1cc(CN(C)S(=O)(=O)c2c(C)nn(-c3ccccc3)c2C)cn1. The first-order valence-corrected chi connectivity index (χ1v) is 9.88. The first kappa shape index (κ1) is 18.3. The van der Waals surface area contributed by atoms with Gasteiger partial charge in [0.2, 0.25) is 10.0 Å². The van der Waals surface area contributed by atoms with Gasteiger partial charge < -0.3 is 0 Å². The first-order valence-electron chi connectivity index (χ1n) is 8.44. The van der Waals surface area contributed by atoms with Crippen LogP contribution in [0.25, 0.3) is 5.69 Å². The number of nitrogens with zero attached hydrogens (tertiary/aromatic N) is 5. The van der Waals surface area contributed by atoms with Crippen LogP contribution in [0.3, 0.4) is 0 Å². The fraction of sp³-hybridized carbons (Fsp3) is 0.333. The molecular formula is C18H23N5O2S. The van der Waals surface area contributed by atoms with Gasteiger partial charge in [0.1, 0.15) is 4.90 Å². The fourth-order valence-corrected chi connectivity index (χ4v) is 4.49. The number of para-hydroxylation sites is 1. The molecule has 0 aliphatic rings. The van der Waals surface area contributed by atoms with Crippen molar-refractivity contribution in [1.82, 2.24) is 23.9 Å². The molecule has 0 unspecified atom stereocenters. The van der Waals surface area contributed by atoms with E-state index in [-0.39, 0.29) is 11.4 Å². The minimum absolute atomic E-state index is 0.256. The molecule has 3 aromatic rings. The molecule has 8 heteroatoms. The lowest BCUT2D eigenvalue weighted by atomic mass is 10.3. The second-order valence-electron chi connectivity index (χ2n) is 6.21.